The molecule has 1 aromatic heterocycles. The summed E-state index contributed by atoms with van der Waals surface area (Å²) in [6.45, 7) is 1.85. The number of benzene rings is 1. The van der Waals surface area contributed by atoms with Gasteiger partial charge in [-0.25, -0.2) is 4.79 Å². The highest BCUT2D eigenvalue weighted by molar-refractivity contribution is 5.94. The summed E-state index contributed by atoms with van der Waals surface area (Å²) in [6, 6.07) is 7.81. The largest absolute Gasteiger partial charge is 0.489 e. The molecule has 3 rings (SSSR count). The number of ether oxygens (including phenoxy) is 1. The van der Waals surface area contributed by atoms with Gasteiger partial charge in [-0.1, -0.05) is 24.3 Å². The summed E-state index contributed by atoms with van der Waals surface area (Å²) >= 11 is 0. The molecule has 126 valence electrons. The lowest BCUT2D eigenvalue weighted by Gasteiger charge is -2.16. The van der Waals surface area contributed by atoms with Crippen LogP contribution in [0.3, 0.4) is 0 Å². The van der Waals surface area contributed by atoms with Crippen molar-refractivity contribution in [3.63, 3.8) is 0 Å². The molecule has 1 amide bonds. The molecule has 3 N–H and O–H groups in total. The molecule has 0 spiro atoms. The summed E-state index contributed by atoms with van der Waals surface area (Å²) in [5, 5.41) is 2.79. The van der Waals surface area contributed by atoms with Gasteiger partial charge in [-0.3, -0.25) is 19.6 Å². The van der Waals surface area contributed by atoms with E-state index in [0.29, 0.717) is 5.92 Å². The predicted octanol–water partition coefficient (Wildman–Crippen LogP) is 1.44. The Balaban J connectivity index is 1.83. The number of hydrogen-bond acceptors (Lipinski definition) is 4. The third-order valence-electron chi connectivity index (χ3n) is 4.14. The predicted molar refractivity (Wildman–Crippen MR) is 88.5 cm³/mol. The zero-order valence-electron chi connectivity index (χ0n) is 13.5. The fourth-order valence-electron chi connectivity index (χ4n) is 2.68. The van der Waals surface area contributed by atoms with E-state index >= 15 is 0 Å². The fraction of sp³-hybridized carbons (Fsp3) is 0.353. The maximum atomic E-state index is 12.4. The Morgan fingerprint density at radius 3 is 2.71 bits per heavy atom. The molecule has 1 fully saturated rings. The third-order valence-corrected chi connectivity index (χ3v) is 4.14. The van der Waals surface area contributed by atoms with Gasteiger partial charge in [-0.15, -0.1) is 0 Å². The Morgan fingerprint density at radius 2 is 2.04 bits per heavy atom. The van der Waals surface area contributed by atoms with Crippen LogP contribution < -0.4 is 21.3 Å². The topological polar surface area (TPSA) is 104 Å². The van der Waals surface area contributed by atoms with E-state index in [1.165, 1.54) is 25.5 Å². The Labute approximate surface area is 138 Å². The average molecular weight is 329 g/mol. The highest BCUT2D eigenvalue weighted by Gasteiger charge is 2.24. The van der Waals surface area contributed by atoms with Gasteiger partial charge in [0.25, 0.3) is 11.5 Å². The average Bonchev–Trinajstić information content (AvgIpc) is 3.39. The number of carbonyl (C=O) groups excluding carboxylic acids is 1. The van der Waals surface area contributed by atoms with Gasteiger partial charge in [0, 0.05) is 0 Å². The molecule has 1 aliphatic rings. The lowest BCUT2D eigenvalue weighted by atomic mass is 10.0. The number of rotatable bonds is 5. The van der Waals surface area contributed by atoms with Gasteiger partial charge in [-0.2, -0.15) is 0 Å². The minimum Gasteiger partial charge on any atom is -0.489 e. The molecule has 0 bridgehead atoms. The number of aromatic nitrogens is 2. The standard InChI is InChI=1S/C17H19N3O4/c1-9(11-4-3-5-12(8-11)10-6-7-10)18-15(21)13-14(24-2)16(22)20-17(23)19-13/h3-5,8-10H,6-7H2,1-2H3,(H,18,21)(H2,19,20,22,23). The quantitative estimate of drug-likeness (QED) is 0.772. The van der Waals surface area contributed by atoms with E-state index in [2.05, 4.69) is 22.4 Å². The lowest BCUT2D eigenvalue weighted by molar-refractivity contribution is 0.0930. The number of methoxy groups -OCH3 is 1. The minimum absolute atomic E-state index is 0.184. The van der Waals surface area contributed by atoms with Crippen molar-refractivity contribution in [1.29, 1.82) is 0 Å². The van der Waals surface area contributed by atoms with Crippen molar-refractivity contribution in [3.05, 3.63) is 61.9 Å². The summed E-state index contributed by atoms with van der Waals surface area (Å²) in [4.78, 5) is 39.9. The first-order chi connectivity index (χ1) is 11.5. The Bertz CT molecular complexity index is 880. The van der Waals surface area contributed by atoms with Crippen LogP contribution in [0.15, 0.2) is 33.9 Å². The zero-order valence-corrected chi connectivity index (χ0v) is 13.5. The summed E-state index contributed by atoms with van der Waals surface area (Å²) in [5.41, 5.74) is 0.565. The molecular weight excluding hydrogens is 310 g/mol. The monoisotopic (exact) mass is 329 g/mol. The van der Waals surface area contributed by atoms with Crippen molar-refractivity contribution in [3.8, 4) is 5.75 Å². The molecule has 0 aliphatic heterocycles. The van der Waals surface area contributed by atoms with Crippen LogP contribution in [0.5, 0.6) is 5.75 Å². The molecule has 1 heterocycles. The van der Waals surface area contributed by atoms with E-state index in [0.717, 1.165) is 5.56 Å². The molecule has 2 aromatic rings. The van der Waals surface area contributed by atoms with Crippen molar-refractivity contribution in [2.24, 2.45) is 0 Å². The zero-order chi connectivity index (χ0) is 17.3. The van der Waals surface area contributed by atoms with Gasteiger partial charge in [0.05, 0.1) is 13.2 Å². The van der Waals surface area contributed by atoms with Gasteiger partial charge in [0.1, 0.15) is 0 Å². The molecule has 1 aliphatic carbocycles. The first-order valence-electron chi connectivity index (χ1n) is 7.81. The lowest BCUT2D eigenvalue weighted by Crippen LogP contribution is -2.33. The number of aromatic amines is 2. The Morgan fingerprint density at radius 1 is 1.29 bits per heavy atom. The summed E-state index contributed by atoms with van der Waals surface area (Å²) in [7, 11) is 1.27. The van der Waals surface area contributed by atoms with Crippen molar-refractivity contribution in [2.45, 2.75) is 31.7 Å². The molecule has 7 heteroatoms. The van der Waals surface area contributed by atoms with Crippen LogP contribution in [0, 0.1) is 0 Å². The molecule has 24 heavy (non-hydrogen) atoms. The van der Waals surface area contributed by atoms with Gasteiger partial charge in [0.15, 0.2) is 5.69 Å². The molecule has 1 atom stereocenters. The molecule has 1 unspecified atom stereocenters. The summed E-state index contributed by atoms with van der Waals surface area (Å²) in [5.74, 6) is -0.164. The second kappa shape index (κ2) is 6.35. The molecule has 1 saturated carbocycles. The van der Waals surface area contributed by atoms with E-state index in [4.69, 9.17) is 4.74 Å². The third kappa shape index (κ3) is 3.24. The van der Waals surface area contributed by atoms with Crippen LogP contribution in [0.25, 0.3) is 0 Å². The first-order valence-corrected chi connectivity index (χ1v) is 7.81. The van der Waals surface area contributed by atoms with Crippen LogP contribution in [-0.2, 0) is 0 Å². The van der Waals surface area contributed by atoms with Crippen LogP contribution >= 0.6 is 0 Å². The normalized spacial score (nSPS) is 14.9. The highest BCUT2D eigenvalue weighted by atomic mass is 16.5. The molecule has 0 saturated heterocycles. The summed E-state index contributed by atoms with van der Waals surface area (Å²) in [6.07, 6.45) is 2.41. The first kappa shape index (κ1) is 16.0. The van der Waals surface area contributed by atoms with Crippen molar-refractivity contribution < 1.29 is 9.53 Å². The number of amides is 1. The van der Waals surface area contributed by atoms with Gasteiger partial charge >= 0.3 is 5.69 Å². The van der Waals surface area contributed by atoms with Crippen LogP contribution in [0.4, 0.5) is 0 Å². The van der Waals surface area contributed by atoms with E-state index in [9.17, 15) is 14.4 Å². The highest BCUT2D eigenvalue weighted by Crippen LogP contribution is 2.40. The fourth-order valence-corrected chi connectivity index (χ4v) is 2.68. The smallest absolute Gasteiger partial charge is 0.326 e. The van der Waals surface area contributed by atoms with Crippen LogP contribution in [-0.4, -0.2) is 23.0 Å². The number of nitrogens with one attached hydrogen (secondary N) is 3. The molecule has 1 aromatic carbocycles. The number of H-pyrrole nitrogens is 2. The van der Waals surface area contributed by atoms with Crippen molar-refractivity contribution in [2.75, 3.05) is 7.11 Å². The SMILES string of the molecule is COc1c(C(=O)NC(C)c2cccc(C3CC3)c2)[nH]c(=O)[nH]c1=O. The molecule has 7 nitrogen and oxygen atoms in total. The number of hydrogen-bond donors (Lipinski definition) is 3. The van der Waals surface area contributed by atoms with Crippen LogP contribution in [0.1, 0.15) is 53.3 Å². The van der Waals surface area contributed by atoms with Crippen molar-refractivity contribution in [1.82, 2.24) is 15.3 Å². The number of carbonyl (C=O) groups is 1. The van der Waals surface area contributed by atoms with Gasteiger partial charge in [0.2, 0.25) is 5.75 Å². The van der Waals surface area contributed by atoms with Gasteiger partial charge < -0.3 is 10.1 Å². The maximum absolute atomic E-state index is 12.4. The van der Waals surface area contributed by atoms with Gasteiger partial charge in [-0.05, 0) is 36.8 Å². The van der Waals surface area contributed by atoms with E-state index < -0.39 is 17.2 Å². The van der Waals surface area contributed by atoms with Crippen LogP contribution in [0.2, 0.25) is 0 Å². The Hall–Kier alpha value is -2.83. The van der Waals surface area contributed by atoms with E-state index in [1.807, 2.05) is 24.0 Å². The molecule has 0 radical (unpaired) electrons. The van der Waals surface area contributed by atoms with E-state index in [-0.39, 0.29) is 17.5 Å². The van der Waals surface area contributed by atoms with E-state index in [1.54, 1.807) is 0 Å². The Kier molecular flexibility index (Phi) is 4.24. The second-order valence-electron chi connectivity index (χ2n) is 5.96. The minimum atomic E-state index is -0.755. The maximum Gasteiger partial charge on any atom is 0.326 e. The summed E-state index contributed by atoms with van der Waals surface area (Å²) < 4.78 is 4.92. The van der Waals surface area contributed by atoms with Crippen molar-refractivity contribution >= 4 is 5.91 Å². The molecular formula is C17H19N3O4. The second-order valence-corrected chi connectivity index (χ2v) is 5.96.